The quantitative estimate of drug-likeness (QED) is 0.777. The summed E-state index contributed by atoms with van der Waals surface area (Å²) in [4.78, 5) is 24.3. The molecule has 0 bridgehead atoms. The van der Waals surface area contributed by atoms with Gasteiger partial charge in [0.05, 0.1) is 6.42 Å². The smallest absolute Gasteiger partial charge is 0.304 e. The number of pyridine rings is 1. The van der Waals surface area contributed by atoms with Gasteiger partial charge >= 0.3 is 5.97 Å². The van der Waals surface area contributed by atoms with Crippen molar-refractivity contribution in [2.24, 2.45) is 0 Å². The van der Waals surface area contributed by atoms with Crippen LogP contribution in [0.15, 0.2) is 29.2 Å². The Morgan fingerprint density at radius 3 is 2.78 bits per heavy atom. The van der Waals surface area contributed by atoms with Crippen LogP contribution in [-0.4, -0.2) is 39.7 Å². The number of carboxylic acids is 1. The Morgan fingerprint density at radius 2 is 2.17 bits per heavy atom. The van der Waals surface area contributed by atoms with E-state index < -0.39 is 5.97 Å². The van der Waals surface area contributed by atoms with E-state index in [1.54, 1.807) is 22.9 Å². The van der Waals surface area contributed by atoms with Gasteiger partial charge in [-0.05, 0) is 18.9 Å². The van der Waals surface area contributed by atoms with Crippen molar-refractivity contribution in [1.82, 2.24) is 9.47 Å². The van der Waals surface area contributed by atoms with E-state index in [-0.39, 0.29) is 12.0 Å². The van der Waals surface area contributed by atoms with Crippen LogP contribution >= 0.6 is 0 Å². The van der Waals surface area contributed by atoms with Gasteiger partial charge in [-0.15, -0.1) is 0 Å². The Balaban J connectivity index is 1.88. The van der Waals surface area contributed by atoms with Crippen molar-refractivity contribution in [3.05, 3.63) is 34.7 Å². The van der Waals surface area contributed by atoms with Crippen LogP contribution in [0.5, 0.6) is 0 Å². The lowest BCUT2D eigenvalue weighted by Gasteiger charge is -2.21. The predicted molar refractivity (Wildman–Crippen MR) is 67.5 cm³/mol. The highest BCUT2D eigenvalue weighted by atomic mass is 16.4. The maximum Gasteiger partial charge on any atom is 0.304 e. The van der Waals surface area contributed by atoms with Crippen molar-refractivity contribution in [2.45, 2.75) is 31.8 Å². The van der Waals surface area contributed by atoms with Crippen molar-refractivity contribution in [3.8, 4) is 0 Å². The highest BCUT2D eigenvalue weighted by molar-refractivity contribution is 5.66. The van der Waals surface area contributed by atoms with Gasteiger partial charge in [0.1, 0.15) is 0 Å². The zero-order chi connectivity index (χ0) is 13.0. The first-order valence-corrected chi connectivity index (χ1v) is 6.28. The minimum absolute atomic E-state index is 0.00789. The Kier molecular flexibility index (Phi) is 4.15. The summed E-state index contributed by atoms with van der Waals surface area (Å²) in [6.07, 6.45) is 4.22. The van der Waals surface area contributed by atoms with Crippen LogP contribution in [0.25, 0.3) is 0 Å². The Hall–Kier alpha value is -1.62. The van der Waals surface area contributed by atoms with E-state index in [9.17, 15) is 9.59 Å². The maximum atomic E-state index is 11.5. The Bertz CT molecular complexity index is 465. The number of carboxylic acid groups (broad SMARTS) is 1. The van der Waals surface area contributed by atoms with Crippen molar-refractivity contribution in [2.75, 3.05) is 13.1 Å². The highest BCUT2D eigenvalue weighted by Crippen LogP contribution is 2.26. The van der Waals surface area contributed by atoms with Crippen LogP contribution in [0.1, 0.15) is 19.3 Å². The molecule has 1 saturated carbocycles. The van der Waals surface area contributed by atoms with E-state index in [2.05, 4.69) is 4.90 Å². The minimum Gasteiger partial charge on any atom is -0.481 e. The molecule has 0 saturated heterocycles. The molecule has 0 amide bonds. The summed E-state index contributed by atoms with van der Waals surface area (Å²) in [5.74, 6) is -0.766. The van der Waals surface area contributed by atoms with Gasteiger partial charge in [0.2, 0.25) is 0 Å². The molecule has 0 aromatic carbocycles. The molecule has 0 unspecified atom stereocenters. The molecule has 0 aliphatic heterocycles. The summed E-state index contributed by atoms with van der Waals surface area (Å²) >= 11 is 0. The molecule has 1 aliphatic rings. The molecule has 1 N–H and O–H groups in total. The molecule has 1 aromatic heterocycles. The Morgan fingerprint density at radius 1 is 1.39 bits per heavy atom. The molecule has 5 nitrogen and oxygen atoms in total. The number of rotatable bonds is 7. The monoisotopic (exact) mass is 250 g/mol. The standard InChI is InChI=1S/C13H18N2O3/c16-12-3-1-2-7-15(12)10-9-14(11-4-5-11)8-6-13(17)18/h1-3,7,11H,4-6,8-10H2,(H,17,18). The fraction of sp³-hybridized carbons (Fsp3) is 0.538. The minimum atomic E-state index is -0.766. The maximum absolute atomic E-state index is 11.5. The van der Waals surface area contributed by atoms with E-state index in [1.165, 1.54) is 0 Å². The molecular formula is C13H18N2O3. The summed E-state index contributed by atoms with van der Waals surface area (Å²) in [6.45, 7) is 1.93. The van der Waals surface area contributed by atoms with Gasteiger partial charge in [0, 0.05) is 37.9 Å². The second-order valence-corrected chi connectivity index (χ2v) is 4.64. The van der Waals surface area contributed by atoms with Crippen LogP contribution in [0.4, 0.5) is 0 Å². The van der Waals surface area contributed by atoms with Gasteiger partial charge in [-0.3, -0.25) is 14.5 Å². The van der Waals surface area contributed by atoms with Gasteiger partial charge in [-0.25, -0.2) is 0 Å². The third-order valence-corrected chi connectivity index (χ3v) is 3.20. The van der Waals surface area contributed by atoms with Crippen LogP contribution < -0.4 is 5.56 Å². The van der Waals surface area contributed by atoms with Crippen molar-refractivity contribution < 1.29 is 9.90 Å². The van der Waals surface area contributed by atoms with Crippen molar-refractivity contribution >= 4 is 5.97 Å². The van der Waals surface area contributed by atoms with Crippen LogP contribution in [0.2, 0.25) is 0 Å². The number of nitrogens with zero attached hydrogens (tertiary/aromatic N) is 2. The lowest BCUT2D eigenvalue weighted by molar-refractivity contribution is -0.137. The molecule has 1 fully saturated rings. The molecular weight excluding hydrogens is 232 g/mol. The predicted octanol–water partition coefficient (Wildman–Crippen LogP) is 0.787. The number of hydrogen-bond acceptors (Lipinski definition) is 3. The van der Waals surface area contributed by atoms with Crippen LogP contribution in [-0.2, 0) is 11.3 Å². The van der Waals surface area contributed by atoms with E-state index in [0.717, 1.165) is 19.4 Å². The third-order valence-electron chi connectivity index (χ3n) is 3.20. The first-order valence-electron chi connectivity index (χ1n) is 6.28. The largest absolute Gasteiger partial charge is 0.481 e. The summed E-state index contributed by atoms with van der Waals surface area (Å²) in [6, 6.07) is 5.62. The topological polar surface area (TPSA) is 62.5 Å². The molecule has 1 heterocycles. The lowest BCUT2D eigenvalue weighted by Crippen LogP contribution is -2.33. The first-order chi connectivity index (χ1) is 8.66. The first kappa shape index (κ1) is 12.8. The van der Waals surface area contributed by atoms with Crippen molar-refractivity contribution in [1.29, 1.82) is 0 Å². The molecule has 0 spiro atoms. The third kappa shape index (κ3) is 3.70. The second-order valence-electron chi connectivity index (χ2n) is 4.64. The number of aromatic nitrogens is 1. The van der Waals surface area contributed by atoms with E-state index in [0.29, 0.717) is 19.1 Å². The number of hydrogen-bond donors (Lipinski definition) is 1. The average molecular weight is 250 g/mol. The van der Waals surface area contributed by atoms with Gasteiger partial charge in [-0.1, -0.05) is 6.07 Å². The summed E-state index contributed by atoms with van der Waals surface area (Å²) in [7, 11) is 0. The molecule has 5 heteroatoms. The number of aliphatic carboxylic acids is 1. The van der Waals surface area contributed by atoms with E-state index >= 15 is 0 Å². The van der Waals surface area contributed by atoms with E-state index in [4.69, 9.17) is 5.11 Å². The van der Waals surface area contributed by atoms with Gasteiger partial charge in [0.15, 0.2) is 0 Å². The fourth-order valence-electron chi connectivity index (χ4n) is 2.04. The number of carbonyl (C=O) groups is 1. The van der Waals surface area contributed by atoms with Gasteiger partial charge < -0.3 is 9.67 Å². The van der Waals surface area contributed by atoms with Gasteiger partial charge in [-0.2, -0.15) is 0 Å². The molecule has 0 atom stereocenters. The van der Waals surface area contributed by atoms with Crippen LogP contribution in [0, 0.1) is 0 Å². The summed E-state index contributed by atoms with van der Waals surface area (Å²) in [5.41, 5.74) is -0.00789. The average Bonchev–Trinajstić information content (AvgIpc) is 3.15. The van der Waals surface area contributed by atoms with Crippen molar-refractivity contribution in [3.63, 3.8) is 0 Å². The van der Waals surface area contributed by atoms with Gasteiger partial charge in [0.25, 0.3) is 5.56 Å². The SMILES string of the molecule is O=C(O)CCN(CCn1ccccc1=O)C1CC1. The molecule has 1 aliphatic carbocycles. The summed E-state index contributed by atoms with van der Waals surface area (Å²) in [5, 5.41) is 8.71. The fourth-order valence-corrected chi connectivity index (χ4v) is 2.04. The highest BCUT2D eigenvalue weighted by Gasteiger charge is 2.28. The zero-order valence-electron chi connectivity index (χ0n) is 10.3. The molecule has 0 radical (unpaired) electrons. The summed E-state index contributed by atoms with van der Waals surface area (Å²) < 4.78 is 1.66. The van der Waals surface area contributed by atoms with E-state index in [1.807, 2.05) is 6.07 Å². The zero-order valence-corrected chi connectivity index (χ0v) is 10.3. The van der Waals surface area contributed by atoms with Crippen LogP contribution in [0.3, 0.4) is 0 Å². The Labute approximate surface area is 106 Å². The molecule has 1 aromatic rings. The second kappa shape index (κ2) is 5.82. The molecule has 98 valence electrons. The lowest BCUT2D eigenvalue weighted by atomic mass is 10.3. The molecule has 2 rings (SSSR count). The molecule has 18 heavy (non-hydrogen) atoms. The normalized spacial score (nSPS) is 14.9.